The monoisotopic (exact) mass is 320 g/mol. The van der Waals surface area contributed by atoms with Crippen molar-refractivity contribution in [2.45, 2.75) is 20.1 Å². The Labute approximate surface area is 122 Å². The van der Waals surface area contributed by atoms with Crippen molar-refractivity contribution in [1.82, 2.24) is 10.3 Å². The Kier molecular flexibility index (Phi) is 4.93. The third-order valence-electron chi connectivity index (χ3n) is 2.82. The first-order valence-corrected chi connectivity index (χ1v) is 6.95. The van der Waals surface area contributed by atoms with Crippen LogP contribution in [0.4, 0.5) is 0 Å². The highest BCUT2D eigenvalue weighted by Crippen LogP contribution is 2.28. The lowest BCUT2D eigenvalue weighted by Gasteiger charge is -2.15. The molecule has 1 aromatic heterocycles. The highest BCUT2D eigenvalue weighted by molar-refractivity contribution is 9.10. The molecule has 0 saturated carbocycles. The third kappa shape index (κ3) is 3.78. The summed E-state index contributed by atoms with van der Waals surface area (Å²) in [7, 11) is 1.93. The summed E-state index contributed by atoms with van der Waals surface area (Å²) in [5.74, 6) is 0.953. The van der Waals surface area contributed by atoms with Gasteiger partial charge in [0.1, 0.15) is 12.4 Å². The van der Waals surface area contributed by atoms with Crippen molar-refractivity contribution in [1.29, 1.82) is 0 Å². The summed E-state index contributed by atoms with van der Waals surface area (Å²) < 4.78 is 7.05. The lowest BCUT2D eigenvalue weighted by molar-refractivity contribution is 0.300. The molecule has 2 rings (SSSR count). The van der Waals surface area contributed by atoms with Crippen LogP contribution in [0.15, 0.2) is 41.1 Å². The van der Waals surface area contributed by atoms with E-state index in [1.54, 1.807) is 12.4 Å². The molecule has 0 aliphatic rings. The van der Waals surface area contributed by atoms with Gasteiger partial charge >= 0.3 is 0 Å². The van der Waals surface area contributed by atoms with Crippen molar-refractivity contribution in [3.8, 4) is 5.75 Å². The molecule has 1 heterocycles. The molecule has 1 N–H and O–H groups in total. The van der Waals surface area contributed by atoms with E-state index >= 15 is 0 Å². The van der Waals surface area contributed by atoms with Gasteiger partial charge in [0.05, 0.1) is 0 Å². The maximum atomic E-state index is 5.97. The zero-order chi connectivity index (χ0) is 13.7. The van der Waals surface area contributed by atoms with Gasteiger partial charge in [0.25, 0.3) is 0 Å². The number of aromatic nitrogens is 1. The van der Waals surface area contributed by atoms with Gasteiger partial charge in [-0.05, 0) is 49.4 Å². The topological polar surface area (TPSA) is 34.1 Å². The lowest BCUT2D eigenvalue weighted by Crippen LogP contribution is -2.08. The molecule has 3 nitrogen and oxygen atoms in total. The van der Waals surface area contributed by atoms with Crippen LogP contribution in [-0.4, -0.2) is 12.0 Å². The van der Waals surface area contributed by atoms with E-state index in [1.165, 1.54) is 0 Å². The normalized spacial score (nSPS) is 10.5. The second-order valence-corrected chi connectivity index (χ2v) is 5.30. The molecule has 2 aromatic rings. The van der Waals surface area contributed by atoms with E-state index < -0.39 is 0 Å². The Bertz CT molecular complexity index is 543. The van der Waals surface area contributed by atoms with Crippen molar-refractivity contribution >= 4 is 15.9 Å². The fourth-order valence-electron chi connectivity index (χ4n) is 1.96. The number of nitrogens with one attached hydrogen (secondary N) is 1. The van der Waals surface area contributed by atoms with Gasteiger partial charge in [0.15, 0.2) is 0 Å². The highest BCUT2D eigenvalue weighted by Gasteiger charge is 2.08. The van der Waals surface area contributed by atoms with E-state index in [2.05, 4.69) is 45.3 Å². The molecule has 0 bridgehead atoms. The summed E-state index contributed by atoms with van der Waals surface area (Å²) in [6, 6.07) is 8.09. The highest BCUT2D eigenvalue weighted by atomic mass is 79.9. The Morgan fingerprint density at radius 3 is 2.68 bits per heavy atom. The molecule has 0 fully saturated rings. The maximum Gasteiger partial charge on any atom is 0.127 e. The Morgan fingerprint density at radius 1 is 1.26 bits per heavy atom. The minimum atomic E-state index is 0.557. The van der Waals surface area contributed by atoms with Crippen LogP contribution >= 0.6 is 15.9 Å². The van der Waals surface area contributed by atoms with Crippen molar-refractivity contribution in [2.75, 3.05) is 7.05 Å². The molecule has 19 heavy (non-hydrogen) atoms. The average molecular weight is 321 g/mol. The fourth-order valence-corrected chi connectivity index (χ4v) is 2.58. The van der Waals surface area contributed by atoms with E-state index in [-0.39, 0.29) is 0 Å². The van der Waals surface area contributed by atoms with Gasteiger partial charge in [-0.3, -0.25) is 4.98 Å². The van der Waals surface area contributed by atoms with Crippen LogP contribution in [0.5, 0.6) is 5.75 Å². The van der Waals surface area contributed by atoms with Gasteiger partial charge in [-0.25, -0.2) is 0 Å². The van der Waals surface area contributed by atoms with E-state index in [0.717, 1.165) is 33.5 Å². The Hall–Kier alpha value is -1.39. The molecule has 0 spiro atoms. The molecule has 0 aliphatic carbocycles. The minimum absolute atomic E-state index is 0.557. The van der Waals surface area contributed by atoms with Crippen molar-refractivity contribution in [3.63, 3.8) is 0 Å². The van der Waals surface area contributed by atoms with Crippen LogP contribution in [0.25, 0.3) is 0 Å². The number of pyridine rings is 1. The molecule has 4 heteroatoms. The second kappa shape index (κ2) is 6.68. The number of ether oxygens (including phenoxy) is 1. The SMILES string of the molecule is CNCc1cc(Br)cc(C)c1OCc1ccncc1. The number of nitrogens with zero attached hydrogens (tertiary/aromatic N) is 1. The predicted octanol–water partition coefficient (Wildman–Crippen LogP) is 3.45. The summed E-state index contributed by atoms with van der Waals surface area (Å²) in [5.41, 5.74) is 3.41. The van der Waals surface area contributed by atoms with Crippen LogP contribution < -0.4 is 10.1 Å². The molecule has 0 unspecified atom stereocenters. The van der Waals surface area contributed by atoms with Crippen LogP contribution in [0.1, 0.15) is 16.7 Å². The summed E-state index contributed by atoms with van der Waals surface area (Å²) in [5, 5.41) is 3.17. The van der Waals surface area contributed by atoms with Crippen molar-refractivity contribution < 1.29 is 4.74 Å². The van der Waals surface area contributed by atoms with Gasteiger partial charge in [-0.2, -0.15) is 0 Å². The smallest absolute Gasteiger partial charge is 0.127 e. The van der Waals surface area contributed by atoms with E-state index in [0.29, 0.717) is 6.61 Å². The Balaban J connectivity index is 2.19. The first-order chi connectivity index (χ1) is 9.20. The molecule has 100 valence electrons. The number of hydrogen-bond donors (Lipinski definition) is 1. The van der Waals surface area contributed by atoms with E-state index in [1.807, 2.05) is 19.2 Å². The number of rotatable bonds is 5. The van der Waals surface area contributed by atoms with Crippen LogP contribution in [0.2, 0.25) is 0 Å². The molecule has 0 atom stereocenters. The first kappa shape index (κ1) is 14.0. The molecule has 0 aliphatic heterocycles. The summed E-state index contributed by atoms with van der Waals surface area (Å²) >= 11 is 3.52. The van der Waals surface area contributed by atoms with E-state index in [4.69, 9.17) is 4.74 Å². The zero-order valence-electron chi connectivity index (χ0n) is 11.1. The van der Waals surface area contributed by atoms with Gasteiger partial charge in [0.2, 0.25) is 0 Å². The van der Waals surface area contributed by atoms with Gasteiger partial charge in [-0.1, -0.05) is 15.9 Å². The zero-order valence-corrected chi connectivity index (χ0v) is 12.7. The summed E-state index contributed by atoms with van der Waals surface area (Å²) in [6.45, 7) is 3.40. The fraction of sp³-hybridized carbons (Fsp3) is 0.267. The minimum Gasteiger partial charge on any atom is -0.488 e. The molecule has 0 radical (unpaired) electrons. The van der Waals surface area contributed by atoms with Crippen LogP contribution in [0.3, 0.4) is 0 Å². The Morgan fingerprint density at radius 2 is 2.00 bits per heavy atom. The number of halogens is 1. The quantitative estimate of drug-likeness (QED) is 0.916. The second-order valence-electron chi connectivity index (χ2n) is 4.39. The van der Waals surface area contributed by atoms with E-state index in [9.17, 15) is 0 Å². The van der Waals surface area contributed by atoms with Crippen molar-refractivity contribution in [2.24, 2.45) is 0 Å². The van der Waals surface area contributed by atoms with Crippen molar-refractivity contribution in [3.05, 3.63) is 57.8 Å². The van der Waals surface area contributed by atoms with Gasteiger partial charge in [0, 0.05) is 29.0 Å². The summed E-state index contributed by atoms with van der Waals surface area (Å²) in [6.07, 6.45) is 3.56. The first-order valence-electron chi connectivity index (χ1n) is 6.16. The number of hydrogen-bond acceptors (Lipinski definition) is 3. The standard InChI is InChI=1S/C15H17BrN2O/c1-11-7-14(16)8-13(9-17-2)15(11)19-10-12-3-5-18-6-4-12/h3-8,17H,9-10H2,1-2H3. The average Bonchev–Trinajstić information content (AvgIpc) is 2.39. The third-order valence-corrected chi connectivity index (χ3v) is 3.27. The number of benzene rings is 1. The number of aryl methyl sites for hydroxylation is 1. The van der Waals surface area contributed by atoms with Crippen LogP contribution in [-0.2, 0) is 13.2 Å². The molecule has 0 amide bonds. The maximum absolute atomic E-state index is 5.97. The molecular formula is C15H17BrN2O. The van der Waals surface area contributed by atoms with Crippen LogP contribution in [0, 0.1) is 6.92 Å². The molecular weight excluding hydrogens is 304 g/mol. The molecule has 1 aromatic carbocycles. The largest absolute Gasteiger partial charge is 0.488 e. The predicted molar refractivity (Wildman–Crippen MR) is 80.2 cm³/mol. The lowest BCUT2D eigenvalue weighted by atomic mass is 10.1. The van der Waals surface area contributed by atoms with Gasteiger partial charge < -0.3 is 10.1 Å². The molecule has 0 saturated heterocycles. The van der Waals surface area contributed by atoms with Gasteiger partial charge in [-0.15, -0.1) is 0 Å². The summed E-state index contributed by atoms with van der Waals surface area (Å²) in [4.78, 5) is 4.00.